The van der Waals surface area contributed by atoms with Crippen LogP contribution in [-0.4, -0.2) is 17.6 Å². The first-order valence-corrected chi connectivity index (χ1v) is 7.21. The van der Waals surface area contributed by atoms with Crippen molar-refractivity contribution in [3.63, 3.8) is 0 Å². The molecule has 0 aliphatic carbocycles. The quantitative estimate of drug-likeness (QED) is 0.782. The Balaban J connectivity index is 2.64. The van der Waals surface area contributed by atoms with Crippen LogP contribution >= 0.6 is 0 Å². The third-order valence-electron chi connectivity index (χ3n) is 3.11. The molecule has 1 aromatic carbocycles. The number of hydrogen-bond acceptors (Lipinski definition) is 2. The minimum absolute atomic E-state index is 0.0962. The lowest BCUT2D eigenvalue weighted by atomic mass is 9.97. The Morgan fingerprint density at radius 2 is 1.80 bits per heavy atom. The Morgan fingerprint density at radius 3 is 2.30 bits per heavy atom. The second kappa shape index (κ2) is 9.17. The second-order valence-corrected chi connectivity index (χ2v) is 4.80. The largest absolute Gasteiger partial charge is 0.384 e. The molecule has 3 heteroatoms. The van der Waals surface area contributed by atoms with E-state index in [4.69, 9.17) is 5.11 Å². The van der Waals surface area contributed by atoms with E-state index in [-0.39, 0.29) is 18.4 Å². The van der Waals surface area contributed by atoms with Gasteiger partial charge in [0.05, 0.1) is 0 Å². The standard InChI is InChI=1S/C17H23NO2/c1-3-6-15(7-4-2)17(20)18-16-11-9-14(10-12-16)8-5-13-19/h9-12,15,19H,3-4,6-7,13H2,1-2H3,(H,18,20). The molecule has 0 aliphatic heterocycles. The molecular formula is C17H23NO2. The Morgan fingerprint density at radius 1 is 1.20 bits per heavy atom. The van der Waals surface area contributed by atoms with E-state index < -0.39 is 0 Å². The first-order valence-electron chi connectivity index (χ1n) is 7.21. The highest BCUT2D eigenvalue weighted by atomic mass is 16.2. The molecule has 20 heavy (non-hydrogen) atoms. The molecule has 0 bridgehead atoms. The molecule has 0 saturated heterocycles. The van der Waals surface area contributed by atoms with Gasteiger partial charge >= 0.3 is 0 Å². The molecule has 0 saturated carbocycles. The fraction of sp³-hybridized carbons (Fsp3) is 0.471. The maximum atomic E-state index is 12.2. The summed E-state index contributed by atoms with van der Waals surface area (Å²) in [6.07, 6.45) is 3.90. The van der Waals surface area contributed by atoms with Crippen molar-refractivity contribution in [2.75, 3.05) is 11.9 Å². The van der Waals surface area contributed by atoms with Gasteiger partial charge in [-0.3, -0.25) is 4.79 Å². The lowest BCUT2D eigenvalue weighted by Gasteiger charge is -2.15. The second-order valence-electron chi connectivity index (χ2n) is 4.80. The number of hydrogen-bond donors (Lipinski definition) is 2. The van der Waals surface area contributed by atoms with Gasteiger partial charge in [-0.1, -0.05) is 38.5 Å². The molecule has 0 fully saturated rings. The summed E-state index contributed by atoms with van der Waals surface area (Å²) in [5.41, 5.74) is 1.62. The molecule has 2 N–H and O–H groups in total. The lowest BCUT2D eigenvalue weighted by Crippen LogP contribution is -2.22. The maximum absolute atomic E-state index is 12.2. The van der Waals surface area contributed by atoms with E-state index in [9.17, 15) is 4.79 Å². The Bertz CT molecular complexity index is 462. The summed E-state index contributed by atoms with van der Waals surface area (Å²) < 4.78 is 0. The van der Waals surface area contributed by atoms with E-state index in [0.717, 1.165) is 36.9 Å². The Labute approximate surface area is 121 Å². The van der Waals surface area contributed by atoms with Gasteiger partial charge in [-0.15, -0.1) is 0 Å². The first kappa shape index (κ1) is 16.3. The average Bonchev–Trinajstić information content (AvgIpc) is 2.46. The van der Waals surface area contributed by atoms with E-state index in [1.54, 1.807) is 0 Å². The summed E-state index contributed by atoms with van der Waals surface area (Å²) >= 11 is 0. The highest BCUT2D eigenvalue weighted by molar-refractivity contribution is 5.92. The number of benzene rings is 1. The van der Waals surface area contributed by atoms with Crippen molar-refractivity contribution in [1.29, 1.82) is 0 Å². The minimum atomic E-state index is -0.145. The number of carbonyl (C=O) groups excluding carboxylic acids is 1. The molecule has 0 radical (unpaired) electrons. The molecule has 0 heterocycles. The number of carbonyl (C=O) groups is 1. The van der Waals surface area contributed by atoms with Gasteiger partial charge in [-0.2, -0.15) is 0 Å². The average molecular weight is 273 g/mol. The van der Waals surface area contributed by atoms with Crippen molar-refractivity contribution in [2.45, 2.75) is 39.5 Å². The van der Waals surface area contributed by atoms with Gasteiger partial charge in [0.2, 0.25) is 5.91 Å². The molecule has 1 aromatic rings. The van der Waals surface area contributed by atoms with Gasteiger partial charge in [0.1, 0.15) is 6.61 Å². The van der Waals surface area contributed by atoms with Crippen molar-refractivity contribution in [2.24, 2.45) is 5.92 Å². The predicted molar refractivity (Wildman–Crippen MR) is 82.3 cm³/mol. The summed E-state index contributed by atoms with van der Waals surface area (Å²) in [6, 6.07) is 7.36. The number of anilines is 1. The molecule has 0 atom stereocenters. The van der Waals surface area contributed by atoms with Crippen LogP contribution in [0.15, 0.2) is 24.3 Å². The fourth-order valence-electron chi connectivity index (χ4n) is 2.13. The highest BCUT2D eigenvalue weighted by Crippen LogP contribution is 2.17. The van der Waals surface area contributed by atoms with Gasteiger partial charge in [0.25, 0.3) is 0 Å². The monoisotopic (exact) mass is 273 g/mol. The zero-order valence-electron chi connectivity index (χ0n) is 12.3. The van der Waals surface area contributed by atoms with E-state index in [1.165, 1.54) is 0 Å². The van der Waals surface area contributed by atoms with E-state index >= 15 is 0 Å². The van der Waals surface area contributed by atoms with Crippen molar-refractivity contribution < 1.29 is 9.90 Å². The third kappa shape index (κ3) is 5.46. The highest BCUT2D eigenvalue weighted by Gasteiger charge is 2.16. The van der Waals surface area contributed by atoms with Gasteiger partial charge in [0, 0.05) is 17.2 Å². The summed E-state index contributed by atoms with van der Waals surface area (Å²) in [7, 11) is 0. The maximum Gasteiger partial charge on any atom is 0.227 e. The topological polar surface area (TPSA) is 49.3 Å². The molecule has 0 spiro atoms. The number of aliphatic hydroxyl groups excluding tert-OH is 1. The lowest BCUT2D eigenvalue weighted by molar-refractivity contribution is -0.120. The van der Waals surface area contributed by atoms with Crippen LogP contribution in [0, 0.1) is 17.8 Å². The van der Waals surface area contributed by atoms with Gasteiger partial charge in [-0.25, -0.2) is 0 Å². The van der Waals surface area contributed by atoms with Crippen LogP contribution in [0.4, 0.5) is 5.69 Å². The minimum Gasteiger partial charge on any atom is -0.384 e. The van der Waals surface area contributed by atoms with Crippen LogP contribution in [0.25, 0.3) is 0 Å². The van der Waals surface area contributed by atoms with Crippen molar-refractivity contribution >= 4 is 11.6 Å². The zero-order chi connectivity index (χ0) is 14.8. The van der Waals surface area contributed by atoms with Crippen molar-refractivity contribution in [3.05, 3.63) is 29.8 Å². The van der Waals surface area contributed by atoms with Gasteiger partial charge in [-0.05, 0) is 37.1 Å². The van der Waals surface area contributed by atoms with Crippen LogP contribution in [0.1, 0.15) is 45.1 Å². The first-order chi connectivity index (χ1) is 9.71. The summed E-state index contributed by atoms with van der Waals surface area (Å²) in [4.78, 5) is 12.2. The van der Waals surface area contributed by atoms with Crippen LogP contribution in [0.3, 0.4) is 0 Å². The molecular weight excluding hydrogens is 250 g/mol. The molecule has 108 valence electrons. The summed E-state index contributed by atoms with van der Waals surface area (Å²) in [6.45, 7) is 4.06. The van der Waals surface area contributed by atoms with Crippen molar-refractivity contribution in [3.8, 4) is 11.8 Å². The van der Waals surface area contributed by atoms with E-state index in [1.807, 2.05) is 24.3 Å². The number of nitrogens with one attached hydrogen (secondary N) is 1. The van der Waals surface area contributed by atoms with Crippen LogP contribution in [-0.2, 0) is 4.79 Å². The number of rotatable bonds is 6. The summed E-state index contributed by atoms with van der Waals surface area (Å²) in [5.74, 6) is 5.62. The molecule has 1 amide bonds. The molecule has 0 unspecified atom stereocenters. The van der Waals surface area contributed by atoms with Crippen LogP contribution in [0.5, 0.6) is 0 Å². The van der Waals surface area contributed by atoms with E-state index in [2.05, 4.69) is 31.0 Å². The SMILES string of the molecule is CCCC(CCC)C(=O)Nc1ccc(C#CCO)cc1. The molecule has 3 nitrogen and oxygen atoms in total. The van der Waals surface area contributed by atoms with Crippen molar-refractivity contribution in [1.82, 2.24) is 0 Å². The zero-order valence-corrected chi connectivity index (χ0v) is 12.3. The van der Waals surface area contributed by atoms with Crippen LogP contribution < -0.4 is 5.32 Å². The fourth-order valence-corrected chi connectivity index (χ4v) is 2.13. The number of aliphatic hydroxyl groups is 1. The van der Waals surface area contributed by atoms with E-state index in [0.29, 0.717) is 0 Å². The van der Waals surface area contributed by atoms with Gasteiger partial charge in [0.15, 0.2) is 0 Å². The molecule has 0 aliphatic rings. The van der Waals surface area contributed by atoms with Gasteiger partial charge < -0.3 is 10.4 Å². The third-order valence-corrected chi connectivity index (χ3v) is 3.11. The molecule has 0 aromatic heterocycles. The smallest absolute Gasteiger partial charge is 0.227 e. The Hall–Kier alpha value is -1.79. The summed E-state index contributed by atoms with van der Waals surface area (Å²) in [5, 5.41) is 11.6. The van der Waals surface area contributed by atoms with Crippen LogP contribution in [0.2, 0.25) is 0 Å². The predicted octanol–water partition coefficient (Wildman–Crippen LogP) is 3.19. The molecule has 1 rings (SSSR count). The number of amides is 1. The Kier molecular flexibility index (Phi) is 7.46. The normalized spacial score (nSPS) is 10.0.